The number of hydrogen-bond acceptors (Lipinski definition) is 7. The molecule has 0 aliphatic rings. The first-order valence-corrected chi connectivity index (χ1v) is 12.2. The van der Waals surface area contributed by atoms with E-state index in [0.717, 1.165) is 32.8 Å². The third-order valence-corrected chi connectivity index (χ3v) is 6.55. The Balaban J connectivity index is 1.36. The molecular formula is C27H24N4O3S. The molecule has 0 saturated heterocycles. The van der Waals surface area contributed by atoms with Gasteiger partial charge in [-0.05, 0) is 61.9 Å². The summed E-state index contributed by atoms with van der Waals surface area (Å²) >= 11 is 1.50. The van der Waals surface area contributed by atoms with Gasteiger partial charge in [0.15, 0.2) is 5.13 Å². The van der Waals surface area contributed by atoms with Crippen LogP contribution >= 0.6 is 11.3 Å². The molecule has 35 heavy (non-hydrogen) atoms. The van der Waals surface area contributed by atoms with Crippen LogP contribution in [0.1, 0.15) is 24.8 Å². The van der Waals surface area contributed by atoms with Crippen LogP contribution in [-0.2, 0) is 11.2 Å². The summed E-state index contributed by atoms with van der Waals surface area (Å²) in [4.78, 5) is 24.4. The Morgan fingerprint density at radius 1 is 1.00 bits per heavy atom. The molecule has 5 aromatic rings. The van der Waals surface area contributed by atoms with Gasteiger partial charge in [0.05, 0.1) is 22.5 Å². The highest BCUT2D eigenvalue weighted by atomic mass is 32.1. The number of nitrogens with zero attached hydrogens (tertiary/aromatic N) is 4. The fraction of sp³-hybridized carbons (Fsp3) is 0.185. The monoisotopic (exact) mass is 484 g/mol. The number of rotatable bonds is 8. The number of para-hydroxylation sites is 2. The smallest absolute Gasteiger partial charge is 0.233 e. The standard InChI is InChI=1S/C27H24N4O3S/c1-3-33-20-14-12-19(13-15-20)26-29-24(34-30-26)16-17-25(32)31(22-10-6-4-8-18(22)2)27-28-21-9-5-7-11-23(21)35-27/h4-15H,3,16-17H2,1-2H3. The van der Waals surface area contributed by atoms with E-state index in [-0.39, 0.29) is 12.3 Å². The van der Waals surface area contributed by atoms with Crippen molar-refractivity contribution in [3.8, 4) is 17.1 Å². The minimum absolute atomic E-state index is 0.0841. The van der Waals surface area contributed by atoms with Gasteiger partial charge in [-0.15, -0.1) is 0 Å². The number of anilines is 2. The van der Waals surface area contributed by atoms with Crippen LogP contribution in [0, 0.1) is 6.92 Å². The molecule has 8 heteroatoms. The zero-order valence-corrected chi connectivity index (χ0v) is 20.3. The molecule has 1 amide bonds. The summed E-state index contributed by atoms with van der Waals surface area (Å²) < 4.78 is 11.9. The summed E-state index contributed by atoms with van der Waals surface area (Å²) in [6.07, 6.45) is 0.533. The van der Waals surface area contributed by atoms with Crippen LogP contribution in [0.2, 0.25) is 0 Å². The summed E-state index contributed by atoms with van der Waals surface area (Å²) in [5.74, 6) is 1.60. The molecule has 3 aromatic carbocycles. The average molecular weight is 485 g/mol. The van der Waals surface area contributed by atoms with Gasteiger partial charge in [-0.2, -0.15) is 4.98 Å². The number of carbonyl (C=O) groups is 1. The molecular weight excluding hydrogens is 460 g/mol. The van der Waals surface area contributed by atoms with Crippen molar-refractivity contribution in [1.82, 2.24) is 15.1 Å². The summed E-state index contributed by atoms with van der Waals surface area (Å²) in [6.45, 7) is 4.54. The van der Waals surface area contributed by atoms with Crippen molar-refractivity contribution < 1.29 is 14.1 Å². The zero-order chi connectivity index (χ0) is 24.2. The summed E-state index contributed by atoms with van der Waals surface area (Å²) in [7, 11) is 0. The van der Waals surface area contributed by atoms with E-state index in [4.69, 9.17) is 14.2 Å². The molecule has 2 aromatic heterocycles. The molecule has 0 atom stereocenters. The SMILES string of the molecule is CCOc1ccc(-c2noc(CCC(=O)N(c3nc4ccccc4s3)c3ccccc3C)n2)cc1. The number of benzene rings is 3. The Morgan fingerprint density at radius 2 is 1.77 bits per heavy atom. The van der Waals surface area contributed by atoms with E-state index in [9.17, 15) is 4.79 Å². The van der Waals surface area contributed by atoms with Crippen molar-refractivity contribution in [2.45, 2.75) is 26.7 Å². The fourth-order valence-electron chi connectivity index (χ4n) is 3.78. The van der Waals surface area contributed by atoms with Crippen LogP contribution < -0.4 is 9.64 Å². The van der Waals surface area contributed by atoms with Gasteiger partial charge < -0.3 is 9.26 Å². The Kier molecular flexibility index (Phi) is 6.54. The lowest BCUT2D eigenvalue weighted by molar-refractivity contribution is -0.118. The molecule has 7 nitrogen and oxygen atoms in total. The topological polar surface area (TPSA) is 81.4 Å². The Bertz CT molecular complexity index is 1430. The van der Waals surface area contributed by atoms with E-state index in [1.165, 1.54) is 11.3 Å². The van der Waals surface area contributed by atoms with Crippen molar-refractivity contribution in [2.75, 3.05) is 11.5 Å². The minimum Gasteiger partial charge on any atom is -0.494 e. The van der Waals surface area contributed by atoms with Gasteiger partial charge in [-0.1, -0.05) is 46.8 Å². The van der Waals surface area contributed by atoms with E-state index < -0.39 is 0 Å². The molecule has 0 saturated carbocycles. The van der Waals surface area contributed by atoms with Crippen molar-refractivity contribution in [3.05, 3.63) is 84.3 Å². The van der Waals surface area contributed by atoms with Crippen LogP contribution in [0.5, 0.6) is 5.75 Å². The number of aryl methyl sites for hydroxylation is 2. The molecule has 0 spiro atoms. The second-order valence-corrected chi connectivity index (χ2v) is 8.96. The van der Waals surface area contributed by atoms with Gasteiger partial charge in [-0.3, -0.25) is 9.69 Å². The number of ether oxygens (including phenoxy) is 1. The Hall–Kier alpha value is -4.04. The first-order chi connectivity index (χ1) is 17.1. The van der Waals surface area contributed by atoms with Crippen molar-refractivity contribution in [3.63, 3.8) is 0 Å². The van der Waals surface area contributed by atoms with Gasteiger partial charge in [0.2, 0.25) is 17.6 Å². The zero-order valence-electron chi connectivity index (χ0n) is 19.5. The quantitative estimate of drug-likeness (QED) is 0.255. The molecule has 2 heterocycles. The predicted molar refractivity (Wildman–Crippen MR) is 137 cm³/mol. The van der Waals surface area contributed by atoms with Gasteiger partial charge >= 0.3 is 0 Å². The average Bonchev–Trinajstić information content (AvgIpc) is 3.52. The van der Waals surface area contributed by atoms with Crippen LogP contribution in [0.4, 0.5) is 10.8 Å². The molecule has 0 radical (unpaired) electrons. The molecule has 0 N–H and O–H groups in total. The van der Waals surface area contributed by atoms with E-state index in [1.54, 1.807) is 4.90 Å². The minimum atomic E-state index is -0.0841. The first-order valence-electron chi connectivity index (χ1n) is 11.4. The van der Waals surface area contributed by atoms with Crippen LogP contribution in [0.3, 0.4) is 0 Å². The van der Waals surface area contributed by atoms with Gasteiger partial charge in [-0.25, -0.2) is 4.98 Å². The Labute approximate surface area is 207 Å². The molecule has 0 unspecified atom stereocenters. The predicted octanol–water partition coefficient (Wildman–Crippen LogP) is 6.35. The number of hydrogen-bond donors (Lipinski definition) is 0. The number of aromatic nitrogens is 3. The maximum atomic E-state index is 13.5. The largest absolute Gasteiger partial charge is 0.494 e. The lowest BCUT2D eigenvalue weighted by atomic mass is 10.1. The van der Waals surface area contributed by atoms with Gasteiger partial charge in [0, 0.05) is 18.4 Å². The number of thiazole rings is 1. The van der Waals surface area contributed by atoms with E-state index in [0.29, 0.717) is 29.9 Å². The summed E-state index contributed by atoms with van der Waals surface area (Å²) in [6, 6.07) is 23.2. The number of fused-ring (bicyclic) bond motifs is 1. The second-order valence-electron chi connectivity index (χ2n) is 7.95. The lowest BCUT2D eigenvalue weighted by Gasteiger charge is -2.21. The van der Waals surface area contributed by atoms with Crippen molar-refractivity contribution >= 4 is 38.3 Å². The first kappa shape index (κ1) is 22.7. The molecule has 0 fully saturated rings. The normalized spacial score (nSPS) is 11.0. The van der Waals surface area contributed by atoms with Crippen LogP contribution in [-0.4, -0.2) is 27.6 Å². The molecule has 176 valence electrons. The highest BCUT2D eigenvalue weighted by Gasteiger charge is 2.24. The summed E-state index contributed by atoms with van der Waals surface area (Å²) in [5, 5.41) is 4.73. The molecule has 5 rings (SSSR count). The molecule has 0 aliphatic carbocycles. The number of carbonyl (C=O) groups excluding carboxylic acids is 1. The van der Waals surface area contributed by atoms with Crippen LogP contribution in [0.25, 0.3) is 21.6 Å². The van der Waals surface area contributed by atoms with Crippen LogP contribution in [0.15, 0.2) is 77.3 Å². The molecule has 0 bridgehead atoms. The van der Waals surface area contributed by atoms with E-state index in [2.05, 4.69) is 10.1 Å². The van der Waals surface area contributed by atoms with Crippen molar-refractivity contribution in [1.29, 1.82) is 0 Å². The fourth-order valence-corrected chi connectivity index (χ4v) is 4.78. The second kappa shape index (κ2) is 10.1. The highest BCUT2D eigenvalue weighted by molar-refractivity contribution is 7.22. The highest BCUT2D eigenvalue weighted by Crippen LogP contribution is 2.35. The number of amides is 1. The summed E-state index contributed by atoms with van der Waals surface area (Å²) in [5.41, 5.74) is 3.51. The van der Waals surface area contributed by atoms with Gasteiger partial charge in [0.1, 0.15) is 5.75 Å². The van der Waals surface area contributed by atoms with E-state index in [1.807, 2.05) is 86.6 Å². The van der Waals surface area contributed by atoms with Gasteiger partial charge in [0.25, 0.3) is 0 Å². The van der Waals surface area contributed by atoms with Crippen molar-refractivity contribution in [2.24, 2.45) is 0 Å². The third-order valence-electron chi connectivity index (χ3n) is 5.52. The van der Waals surface area contributed by atoms with E-state index >= 15 is 0 Å². The Morgan fingerprint density at radius 3 is 2.54 bits per heavy atom. The maximum absolute atomic E-state index is 13.5. The third kappa shape index (κ3) is 4.93. The maximum Gasteiger partial charge on any atom is 0.233 e. The lowest BCUT2D eigenvalue weighted by Crippen LogP contribution is -2.26. The molecule has 0 aliphatic heterocycles.